The van der Waals surface area contributed by atoms with Gasteiger partial charge in [-0.2, -0.15) is 0 Å². The Kier molecular flexibility index (Phi) is 19.6. The summed E-state index contributed by atoms with van der Waals surface area (Å²) in [4.78, 5) is 7.32. The van der Waals surface area contributed by atoms with E-state index in [0.717, 1.165) is 102 Å². The zero-order chi connectivity index (χ0) is 93.4. The molecular weight excluding hydrogens is 1660 g/mol. The molecule has 0 aromatic heterocycles. The van der Waals surface area contributed by atoms with Crippen LogP contribution in [0.2, 0.25) is 0 Å². The van der Waals surface area contributed by atoms with Gasteiger partial charge >= 0.3 is 0 Å². The van der Waals surface area contributed by atoms with Gasteiger partial charge in [0.1, 0.15) is 37.1 Å². The third-order valence-electron chi connectivity index (χ3n) is 32.0. The predicted molar refractivity (Wildman–Crippen MR) is 567 cm³/mol. The first-order chi connectivity index (χ1) is 66.3. The maximum Gasteiger partial charge on any atom is 0.119 e. The van der Waals surface area contributed by atoms with Crippen molar-refractivity contribution in [3.05, 3.63) is 501 Å². The van der Waals surface area contributed by atoms with E-state index >= 15 is 0 Å². The van der Waals surface area contributed by atoms with Crippen LogP contribution in [-0.4, -0.2) is 0 Å². The van der Waals surface area contributed by atoms with Crippen LogP contribution >= 0.6 is 0 Å². The molecule has 0 saturated carbocycles. The average Bonchev–Trinajstić information content (AvgIpc) is 1.54. The highest BCUT2D eigenvalue weighted by molar-refractivity contribution is 5.94. The fourth-order valence-electron chi connectivity index (χ4n) is 24.2. The molecule has 0 amide bonds. The van der Waals surface area contributed by atoms with Gasteiger partial charge in [0.25, 0.3) is 0 Å². The lowest BCUT2D eigenvalue weighted by Crippen LogP contribution is -2.25. The minimum atomic E-state index is -0.633. The Bertz CT molecular complexity index is 6820. The van der Waals surface area contributed by atoms with E-state index in [4.69, 9.17) is 14.2 Å². The molecule has 6 heteroatoms. The van der Waals surface area contributed by atoms with Crippen LogP contribution in [0.4, 0.5) is 51.2 Å². The van der Waals surface area contributed by atoms with Gasteiger partial charge in [-0.15, -0.1) is 0 Å². The van der Waals surface area contributed by atoms with Crippen LogP contribution in [0, 0.1) is 0 Å². The molecule has 6 nitrogen and oxygen atoms in total. The molecule has 0 N–H and O–H groups in total. The van der Waals surface area contributed by atoms with Crippen LogP contribution in [0.3, 0.4) is 0 Å². The second-order valence-corrected chi connectivity index (χ2v) is 42.0. The molecule has 0 spiro atoms. The topological polar surface area (TPSA) is 37.4 Å². The SMILES string of the molecule is CC1(C)c2ccccc2-c2ccc(N(c3ccc(COc4ccc(C(C)(c5ccc(OCc6ccc(N(c7ccc8c(c7)C(C)(C)c7ccccc7-8)c7ccc8c(c7)C(C)(C)c7ccccc7-8)cc6)cc5)c5ccc(OCc6ccc(N(c7ccc8c(c7)C(C)(C)c7ccccc7-8)c7ccc8c(c7)C(C)(C)c7ccccc7-8)cc6)cc5)cc4)cc3)c3ccc4c(c3)C(C)(C)c3ccccc3-4)cc21. The molecule has 6 aliphatic rings. The molecular formula is C131H111N3O3. The molecule has 0 atom stereocenters. The van der Waals surface area contributed by atoms with E-state index < -0.39 is 5.41 Å². The molecule has 0 saturated heterocycles. The molecule has 0 heterocycles. The second kappa shape index (κ2) is 31.7. The molecule has 0 unspecified atom stereocenters. The summed E-state index contributed by atoms with van der Waals surface area (Å²) >= 11 is 0. The second-order valence-electron chi connectivity index (χ2n) is 42.0. The van der Waals surface area contributed by atoms with Crippen LogP contribution in [0.15, 0.2) is 400 Å². The number of benzene rings is 18. The highest BCUT2D eigenvalue weighted by Gasteiger charge is 2.44. The molecule has 137 heavy (non-hydrogen) atoms. The Morgan fingerprint density at radius 1 is 0.175 bits per heavy atom. The lowest BCUT2D eigenvalue weighted by Gasteiger charge is -2.32. The van der Waals surface area contributed by atoms with E-state index in [1.807, 2.05) is 0 Å². The summed E-state index contributed by atoms with van der Waals surface area (Å²) in [5, 5.41) is 0. The number of nitrogens with zero attached hydrogens (tertiary/aromatic N) is 3. The van der Waals surface area contributed by atoms with Crippen molar-refractivity contribution in [2.24, 2.45) is 0 Å². The number of ether oxygens (including phenoxy) is 3. The van der Waals surface area contributed by atoms with E-state index in [-0.39, 0.29) is 32.5 Å². The first-order valence-corrected chi connectivity index (χ1v) is 48.6. The van der Waals surface area contributed by atoms with Gasteiger partial charge in [-0.3, -0.25) is 0 Å². The van der Waals surface area contributed by atoms with Crippen molar-refractivity contribution in [1.82, 2.24) is 0 Å². The molecule has 0 fully saturated rings. The number of hydrogen-bond acceptors (Lipinski definition) is 6. The van der Waals surface area contributed by atoms with E-state index in [0.29, 0.717) is 19.8 Å². The van der Waals surface area contributed by atoms with Crippen LogP contribution in [0.25, 0.3) is 66.8 Å². The van der Waals surface area contributed by atoms with Crippen molar-refractivity contribution >= 4 is 51.2 Å². The third-order valence-corrected chi connectivity index (χ3v) is 32.0. The van der Waals surface area contributed by atoms with Crippen molar-refractivity contribution in [1.29, 1.82) is 0 Å². The van der Waals surface area contributed by atoms with Crippen LogP contribution < -0.4 is 28.9 Å². The van der Waals surface area contributed by atoms with Crippen molar-refractivity contribution in [2.75, 3.05) is 14.7 Å². The van der Waals surface area contributed by atoms with Gasteiger partial charge < -0.3 is 28.9 Å². The van der Waals surface area contributed by atoms with Gasteiger partial charge in [0, 0.05) is 89.1 Å². The Morgan fingerprint density at radius 2 is 0.336 bits per heavy atom. The van der Waals surface area contributed by atoms with E-state index in [1.165, 1.54) is 134 Å². The van der Waals surface area contributed by atoms with Gasteiger partial charge in [-0.05, 0) is 319 Å². The molecule has 18 aromatic rings. The van der Waals surface area contributed by atoms with E-state index in [1.54, 1.807) is 0 Å². The van der Waals surface area contributed by atoms with Gasteiger partial charge in [-0.25, -0.2) is 0 Å². The summed E-state index contributed by atoms with van der Waals surface area (Å²) in [6, 6.07) is 149. The molecule has 6 aliphatic carbocycles. The molecule has 0 bridgehead atoms. The molecule has 668 valence electrons. The lowest BCUT2D eigenvalue weighted by molar-refractivity contribution is 0.306. The molecule has 0 radical (unpaired) electrons. The summed E-state index contributed by atoms with van der Waals surface area (Å²) in [7, 11) is 0. The van der Waals surface area contributed by atoms with Gasteiger partial charge in [0.2, 0.25) is 0 Å². The van der Waals surface area contributed by atoms with E-state index in [2.05, 4.69) is 505 Å². The maximum absolute atomic E-state index is 6.80. The highest BCUT2D eigenvalue weighted by Crippen LogP contribution is 2.59. The van der Waals surface area contributed by atoms with Gasteiger partial charge in [0.05, 0.1) is 0 Å². The first-order valence-electron chi connectivity index (χ1n) is 48.6. The Hall–Kier alpha value is -15.2. The average molecular weight is 1780 g/mol. The minimum Gasteiger partial charge on any atom is -0.489 e. The number of fused-ring (bicyclic) bond motifs is 18. The zero-order valence-corrected chi connectivity index (χ0v) is 80.3. The quantitative estimate of drug-likeness (QED) is 0.0668. The van der Waals surface area contributed by atoms with Crippen LogP contribution in [-0.2, 0) is 57.7 Å². The monoisotopic (exact) mass is 1770 g/mol. The standard InChI is InChI=1S/C131H111N3O3/c1-125(2)113-32-20-14-26-101(113)107-68-56-92(74-119(107)125)132(93-57-69-108-102-27-15-21-33-114(102)126(3,4)120(108)75-93)89-50-38-83(39-51-89)80-135-98-62-44-86(45-63-98)131(13,87-46-64-99(65-47-87)136-81-84-40-52-90(53-41-84)133(94-58-70-109-103-28-16-22-34-115(103)127(5,6)121(109)76-94)95-59-71-110-104-29-17-23-35-116(104)128(7,8)122(110)77-95)88-48-66-100(67-49-88)137-82-85-42-54-91(55-43-85)134(96-60-72-111-105-30-18-24-36-117(105)129(9,10)123(111)78-96)97-61-73-112-106-31-19-25-37-118(106)130(11,12)124(112)79-97/h14-79H,80-82H2,1-13H3. The van der Waals surface area contributed by atoms with Crippen molar-refractivity contribution in [3.63, 3.8) is 0 Å². The highest BCUT2D eigenvalue weighted by atomic mass is 16.5. The number of hydrogen-bond donors (Lipinski definition) is 0. The zero-order valence-electron chi connectivity index (χ0n) is 80.3. The number of rotatable bonds is 21. The maximum atomic E-state index is 6.80. The largest absolute Gasteiger partial charge is 0.489 e. The van der Waals surface area contributed by atoms with Crippen molar-refractivity contribution in [2.45, 2.75) is 148 Å². The first kappa shape index (κ1) is 84.7. The molecule has 24 rings (SSSR count). The summed E-state index contributed by atoms with van der Waals surface area (Å²) < 4.78 is 20.4. The smallest absolute Gasteiger partial charge is 0.119 e. The Labute approximate surface area is 806 Å². The fraction of sp³-hybridized carbons (Fsp3) is 0.176. The van der Waals surface area contributed by atoms with Crippen LogP contribution in [0.1, 0.15) is 190 Å². The van der Waals surface area contributed by atoms with Gasteiger partial charge in [0.15, 0.2) is 0 Å². The lowest BCUT2D eigenvalue weighted by atomic mass is 9.71. The Morgan fingerprint density at radius 3 is 0.518 bits per heavy atom. The molecule has 18 aromatic carbocycles. The van der Waals surface area contributed by atoms with Crippen LogP contribution in [0.5, 0.6) is 17.2 Å². The normalized spacial score (nSPS) is 15.0. The van der Waals surface area contributed by atoms with Crippen molar-refractivity contribution in [3.8, 4) is 84.0 Å². The summed E-state index contributed by atoms with van der Waals surface area (Å²) in [5.41, 5.74) is 46.9. The number of anilines is 9. The summed E-state index contributed by atoms with van der Waals surface area (Å²) in [5.74, 6) is 2.36. The predicted octanol–water partition coefficient (Wildman–Crippen LogP) is 34.0. The van der Waals surface area contributed by atoms with Gasteiger partial charge in [-0.1, -0.05) is 338 Å². The third kappa shape index (κ3) is 13.6. The summed E-state index contributed by atoms with van der Waals surface area (Å²) in [6.45, 7) is 31.9. The molecule has 0 aliphatic heterocycles. The minimum absolute atomic E-state index is 0.161. The van der Waals surface area contributed by atoms with E-state index in [9.17, 15) is 0 Å². The van der Waals surface area contributed by atoms with Crippen molar-refractivity contribution < 1.29 is 14.2 Å². The Balaban J connectivity index is 0.517. The summed E-state index contributed by atoms with van der Waals surface area (Å²) in [6.07, 6.45) is 0. The fourth-order valence-corrected chi connectivity index (χ4v) is 24.2.